The van der Waals surface area contributed by atoms with Gasteiger partial charge in [0, 0.05) is 29.5 Å². The maximum atomic E-state index is 12.0. The van der Waals surface area contributed by atoms with Gasteiger partial charge in [-0.1, -0.05) is 6.92 Å². The van der Waals surface area contributed by atoms with E-state index < -0.39 is 10.9 Å². The third-order valence-corrected chi connectivity index (χ3v) is 3.72. The molecule has 0 N–H and O–H groups in total. The first-order chi connectivity index (χ1) is 12.0. The Morgan fingerprint density at radius 1 is 1.24 bits per heavy atom. The quantitative estimate of drug-likeness (QED) is 0.402. The molecule has 3 rings (SSSR count). The van der Waals surface area contributed by atoms with Crippen molar-refractivity contribution in [3.05, 3.63) is 57.9 Å². The Hall–Kier alpha value is -3.29. The van der Waals surface area contributed by atoms with Crippen LogP contribution in [0.2, 0.25) is 0 Å². The summed E-state index contributed by atoms with van der Waals surface area (Å²) in [7, 11) is 0. The number of rotatable bonds is 5. The lowest BCUT2D eigenvalue weighted by molar-refractivity contribution is -0.384. The van der Waals surface area contributed by atoms with E-state index in [0.717, 1.165) is 11.3 Å². The standard InChI is InChI=1S/C17H16N4O4/c1-3-12-9-15(17(22)25-4-2)18-16-10-14(19-20(12)16)11-5-7-13(8-6-11)21(23)24/h5-10H,3-4H2,1-2H3. The number of benzene rings is 1. The lowest BCUT2D eigenvalue weighted by Crippen LogP contribution is -2.10. The van der Waals surface area contributed by atoms with Crippen molar-refractivity contribution in [2.75, 3.05) is 6.61 Å². The van der Waals surface area contributed by atoms with Gasteiger partial charge in [0.25, 0.3) is 5.69 Å². The van der Waals surface area contributed by atoms with E-state index in [-0.39, 0.29) is 18.0 Å². The smallest absolute Gasteiger partial charge is 0.357 e. The molecule has 0 aliphatic heterocycles. The van der Waals surface area contributed by atoms with Gasteiger partial charge in [-0.05, 0) is 31.5 Å². The van der Waals surface area contributed by atoms with Crippen molar-refractivity contribution in [2.45, 2.75) is 20.3 Å². The van der Waals surface area contributed by atoms with E-state index in [2.05, 4.69) is 10.1 Å². The number of fused-ring (bicyclic) bond motifs is 1. The normalized spacial score (nSPS) is 10.8. The lowest BCUT2D eigenvalue weighted by Gasteiger charge is -2.05. The molecule has 8 nitrogen and oxygen atoms in total. The highest BCUT2D eigenvalue weighted by molar-refractivity contribution is 5.88. The van der Waals surface area contributed by atoms with Crippen LogP contribution in [0.5, 0.6) is 0 Å². The summed E-state index contributed by atoms with van der Waals surface area (Å²) in [6.07, 6.45) is 0.660. The van der Waals surface area contributed by atoms with Gasteiger partial charge in [0.2, 0.25) is 0 Å². The Labute approximate surface area is 143 Å². The molecule has 0 saturated carbocycles. The summed E-state index contributed by atoms with van der Waals surface area (Å²) in [4.78, 5) is 26.6. The Balaban J connectivity index is 2.06. The molecule has 0 bridgehead atoms. The highest BCUT2D eigenvalue weighted by Crippen LogP contribution is 2.23. The molecule has 0 fully saturated rings. The van der Waals surface area contributed by atoms with Crippen molar-refractivity contribution in [1.29, 1.82) is 0 Å². The molecule has 0 atom stereocenters. The molecule has 3 aromatic rings. The van der Waals surface area contributed by atoms with Crippen LogP contribution in [-0.2, 0) is 11.2 Å². The van der Waals surface area contributed by atoms with Crippen molar-refractivity contribution in [1.82, 2.24) is 14.6 Å². The Morgan fingerprint density at radius 3 is 2.56 bits per heavy atom. The van der Waals surface area contributed by atoms with Crippen LogP contribution < -0.4 is 0 Å². The molecule has 0 aliphatic rings. The fourth-order valence-electron chi connectivity index (χ4n) is 2.49. The van der Waals surface area contributed by atoms with Gasteiger partial charge in [-0.15, -0.1) is 0 Å². The predicted molar refractivity (Wildman–Crippen MR) is 90.4 cm³/mol. The summed E-state index contributed by atoms with van der Waals surface area (Å²) in [5, 5.41) is 15.3. The largest absolute Gasteiger partial charge is 0.461 e. The second-order valence-corrected chi connectivity index (χ2v) is 5.31. The average molecular weight is 340 g/mol. The zero-order chi connectivity index (χ0) is 18.0. The SMILES string of the molecule is CCOC(=O)c1cc(CC)n2nc(-c3ccc([N+](=O)[O-])cc3)cc2n1. The number of nitro benzene ring substituents is 1. The summed E-state index contributed by atoms with van der Waals surface area (Å²) in [6.45, 7) is 3.97. The van der Waals surface area contributed by atoms with Crippen LogP contribution in [-0.4, -0.2) is 32.1 Å². The number of ether oxygens (including phenoxy) is 1. The van der Waals surface area contributed by atoms with Crippen molar-refractivity contribution < 1.29 is 14.5 Å². The van der Waals surface area contributed by atoms with E-state index in [1.807, 2.05) is 6.92 Å². The van der Waals surface area contributed by atoms with Crippen LogP contribution in [0, 0.1) is 10.1 Å². The number of hydrogen-bond acceptors (Lipinski definition) is 6. The van der Waals surface area contributed by atoms with Crippen LogP contribution in [0.3, 0.4) is 0 Å². The van der Waals surface area contributed by atoms with Crippen LogP contribution in [0.1, 0.15) is 30.0 Å². The Bertz CT molecular complexity index is 947. The molecule has 25 heavy (non-hydrogen) atoms. The number of nitrogens with zero attached hydrogens (tertiary/aromatic N) is 4. The van der Waals surface area contributed by atoms with E-state index in [0.29, 0.717) is 17.8 Å². The third kappa shape index (κ3) is 3.18. The first kappa shape index (κ1) is 16.6. The van der Waals surface area contributed by atoms with E-state index in [9.17, 15) is 14.9 Å². The summed E-state index contributed by atoms with van der Waals surface area (Å²) < 4.78 is 6.67. The van der Waals surface area contributed by atoms with E-state index >= 15 is 0 Å². The second kappa shape index (κ2) is 6.68. The molecule has 0 amide bonds. The molecule has 8 heteroatoms. The highest BCUT2D eigenvalue weighted by atomic mass is 16.6. The lowest BCUT2D eigenvalue weighted by atomic mass is 10.1. The van der Waals surface area contributed by atoms with Crippen LogP contribution in [0.25, 0.3) is 16.9 Å². The second-order valence-electron chi connectivity index (χ2n) is 5.31. The number of non-ortho nitro benzene ring substituents is 1. The van der Waals surface area contributed by atoms with Gasteiger partial charge in [-0.2, -0.15) is 5.10 Å². The topological polar surface area (TPSA) is 99.6 Å². The van der Waals surface area contributed by atoms with Crippen molar-refractivity contribution in [3.8, 4) is 11.3 Å². The zero-order valence-electron chi connectivity index (χ0n) is 13.8. The number of aromatic nitrogens is 3. The molecule has 0 radical (unpaired) electrons. The molecule has 0 spiro atoms. The zero-order valence-corrected chi connectivity index (χ0v) is 13.8. The van der Waals surface area contributed by atoms with E-state index in [1.54, 1.807) is 35.7 Å². The van der Waals surface area contributed by atoms with Gasteiger partial charge in [-0.3, -0.25) is 10.1 Å². The average Bonchev–Trinajstić information content (AvgIpc) is 3.05. The predicted octanol–water partition coefficient (Wildman–Crippen LogP) is 3.04. The van der Waals surface area contributed by atoms with Gasteiger partial charge in [0.15, 0.2) is 11.3 Å². The van der Waals surface area contributed by atoms with Crippen molar-refractivity contribution in [2.24, 2.45) is 0 Å². The summed E-state index contributed by atoms with van der Waals surface area (Å²) in [5.74, 6) is -0.474. The molecular formula is C17H16N4O4. The van der Waals surface area contributed by atoms with Gasteiger partial charge in [-0.25, -0.2) is 14.3 Å². The van der Waals surface area contributed by atoms with Gasteiger partial charge >= 0.3 is 5.97 Å². The first-order valence-electron chi connectivity index (χ1n) is 7.85. The van der Waals surface area contributed by atoms with Crippen LogP contribution >= 0.6 is 0 Å². The molecule has 2 heterocycles. The molecule has 128 valence electrons. The maximum Gasteiger partial charge on any atom is 0.357 e. The number of nitro groups is 1. The van der Waals surface area contributed by atoms with Gasteiger partial charge in [0.1, 0.15) is 0 Å². The van der Waals surface area contributed by atoms with Crippen molar-refractivity contribution in [3.63, 3.8) is 0 Å². The molecule has 0 saturated heterocycles. The van der Waals surface area contributed by atoms with E-state index in [4.69, 9.17) is 4.74 Å². The summed E-state index contributed by atoms with van der Waals surface area (Å²) in [6, 6.07) is 9.53. The molecule has 0 aliphatic carbocycles. The molecule has 0 unspecified atom stereocenters. The Kier molecular flexibility index (Phi) is 4.42. The first-order valence-corrected chi connectivity index (χ1v) is 7.85. The third-order valence-electron chi connectivity index (χ3n) is 3.72. The number of esters is 1. The molecule has 2 aromatic heterocycles. The minimum absolute atomic E-state index is 0.0180. The Morgan fingerprint density at radius 2 is 1.96 bits per heavy atom. The minimum Gasteiger partial charge on any atom is -0.461 e. The number of aryl methyl sites for hydroxylation is 1. The highest BCUT2D eigenvalue weighted by Gasteiger charge is 2.15. The molecular weight excluding hydrogens is 324 g/mol. The minimum atomic E-state index is -0.474. The monoisotopic (exact) mass is 340 g/mol. The summed E-state index contributed by atoms with van der Waals surface area (Å²) in [5.41, 5.74) is 2.96. The fourth-order valence-corrected chi connectivity index (χ4v) is 2.49. The van der Waals surface area contributed by atoms with E-state index in [1.165, 1.54) is 12.1 Å². The van der Waals surface area contributed by atoms with Crippen molar-refractivity contribution >= 4 is 17.3 Å². The number of carbonyl (C=O) groups is 1. The van der Waals surface area contributed by atoms with Crippen LogP contribution in [0.15, 0.2) is 36.4 Å². The number of carbonyl (C=O) groups excluding carboxylic acids is 1. The maximum absolute atomic E-state index is 12.0. The van der Waals surface area contributed by atoms with Gasteiger partial charge in [0.05, 0.1) is 17.2 Å². The number of hydrogen-bond donors (Lipinski definition) is 0. The van der Waals surface area contributed by atoms with Gasteiger partial charge < -0.3 is 4.74 Å². The summed E-state index contributed by atoms with van der Waals surface area (Å²) >= 11 is 0. The fraction of sp³-hybridized carbons (Fsp3) is 0.235. The van der Waals surface area contributed by atoms with Crippen LogP contribution in [0.4, 0.5) is 5.69 Å². The molecule has 1 aromatic carbocycles.